The maximum absolute atomic E-state index is 11.6. The zero-order chi connectivity index (χ0) is 11.8. The van der Waals surface area contributed by atoms with Gasteiger partial charge in [-0.05, 0) is 12.5 Å². The molecule has 1 aliphatic heterocycles. The summed E-state index contributed by atoms with van der Waals surface area (Å²) in [6, 6.07) is 1.90. The van der Waals surface area contributed by atoms with Gasteiger partial charge in [-0.15, -0.1) is 0 Å². The van der Waals surface area contributed by atoms with E-state index in [4.69, 9.17) is 0 Å². The molecule has 1 atom stereocenters. The Morgan fingerprint density at radius 3 is 3.00 bits per heavy atom. The van der Waals surface area contributed by atoms with Crippen LogP contribution in [0.3, 0.4) is 0 Å². The molecule has 7 heteroatoms. The summed E-state index contributed by atoms with van der Waals surface area (Å²) in [6.45, 7) is 0.767. The Bertz CT molecular complexity index is 466. The average molecular weight is 244 g/mol. The van der Waals surface area contributed by atoms with E-state index in [1.54, 1.807) is 6.20 Å². The van der Waals surface area contributed by atoms with Crippen LogP contribution in [0.25, 0.3) is 0 Å². The topological polar surface area (TPSA) is 67.2 Å². The van der Waals surface area contributed by atoms with Crippen molar-refractivity contribution in [3.05, 3.63) is 18.0 Å². The largest absolute Gasteiger partial charge is 0.279 e. The minimum Gasteiger partial charge on any atom is -0.269 e. The van der Waals surface area contributed by atoms with Gasteiger partial charge in [-0.25, -0.2) is 0 Å². The first kappa shape index (κ1) is 11.6. The van der Waals surface area contributed by atoms with Crippen LogP contribution in [0.4, 0.5) is 0 Å². The van der Waals surface area contributed by atoms with Crippen molar-refractivity contribution in [1.82, 2.24) is 18.8 Å². The smallest absolute Gasteiger partial charge is 0.269 e. The summed E-state index contributed by atoms with van der Waals surface area (Å²) in [6.07, 6.45) is 3.23. The third kappa shape index (κ3) is 2.26. The van der Waals surface area contributed by atoms with Crippen LogP contribution in [0.2, 0.25) is 0 Å². The molecule has 0 fully saturated rings. The van der Waals surface area contributed by atoms with Crippen LogP contribution in [0.15, 0.2) is 12.3 Å². The molecular formula is C9H16N4O2S. The molecule has 0 saturated heterocycles. The quantitative estimate of drug-likeness (QED) is 0.786. The zero-order valence-corrected chi connectivity index (χ0v) is 10.2. The van der Waals surface area contributed by atoms with Crippen molar-refractivity contribution in [2.45, 2.75) is 25.4 Å². The molecule has 0 saturated carbocycles. The fourth-order valence-corrected chi connectivity index (χ4v) is 2.62. The van der Waals surface area contributed by atoms with E-state index in [-0.39, 0.29) is 6.04 Å². The molecule has 1 aromatic heterocycles. The van der Waals surface area contributed by atoms with Gasteiger partial charge in [-0.2, -0.15) is 22.5 Å². The standard InChI is InChI=1S/C9H16N4O2S/c1-12(2)16(14,15)11-8-4-6-13-9(7-8)3-5-10-13/h3,5,8,11H,4,6-7H2,1-2H3/t8-/m1/s1. The summed E-state index contributed by atoms with van der Waals surface area (Å²) in [4.78, 5) is 0. The molecule has 1 aromatic rings. The lowest BCUT2D eigenvalue weighted by Gasteiger charge is -2.25. The lowest BCUT2D eigenvalue weighted by Crippen LogP contribution is -2.45. The molecule has 0 aromatic carbocycles. The van der Waals surface area contributed by atoms with Crippen molar-refractivity contribution in [2.24, 2.45) is 0 Å². The van der Waals surface area contributed by atoms with Gasteiger partial charge in [0.2, 0.25) is 0 Å². The molecule has 2 rings (SSSR count). The molecular weight excluding hydrogens is 228 g/mol. The van der Waals surface area contributed by atoms with E-state index in [0.29, 0.717) is 6.42 Å². The number of aromatic nitrogens is 2. The molecule has 0 amide bonds. The molecule has 1 aliphatic rings. The van der Waals surface area contributed by atoms with Crippen LogP contribution >= 0.6 is 0 Å². The Hall–Kier alpha value is -0.920. The molecule has 16 heavy (non-hydrogen) atoms. The van der Waals surface area contributed by atoms with Crippen molar-refractivity contribution in [3.63, 3.8) is 0 Å². The van der Waals surface area contributed by atoms with Gasteiger partial charge in [0.1, 0.15) is 0 Å². The molecule has 1 N–H and O–H groups in total. The summed E-state index contributed by atoms with van der Waals surface area (Å²) < 4.78 is 29.1. The highest BCUT2D eigenvalue weighted by molar-refractivity contribution is 7.87. The third-order valence-corrected chi connectivity index (χ3v) is 4.34. The van der Waals surface area contributed by atoms with Gasteiger partial charge < -0.3 is 0 Å². The monoisotopic (exact) mass is 244 g/mol. The van der Waals surface area contributed by atoms with Crippen molar-refractivity contribution in [3.8, 4) is 0 Å². The Morgan fingerprint density at radius 2 is 2.31 bits per heavy atom. The second-order valence-electron chi connectivity index (χ2n) is 4.14. The first-order valence-electron chi connectivity index (χ1n) is 5.19. The molecule has 6 nitrogen and oxygen atoms in total. The van der Waals surface area contributed by atoms with E-state index in [1.165, 1.54) is 18.4 Å². The van der Waals surface area contributed by atoms with Crippen LogP contribution in [0.1, 0.15) is 12.1 Å². The molecule has 0 aliphatic carbocycles. The molecule has 0 bridgehead atoms. The maximum atomic E-state index is 11.6. The molecule has 0 radical (unpaired) electrons. The van der Waals surface area contributed by atoms with E-state index in [0.717, 1.165) is 18.7 Å². The summed E-state index contributed by atoms with van der Waals surface area (Å²) in [7, 11) is -0.283. The number of fused-ring (bicyclic) bond motifs is 1. The minimum atomic E-state index is -3.33. The summed E-state index contributed by atoms with van der Waals surface area (Å²) >= 11 is 0. The minimum absolute atomic E-state index is 0.0309. The first-order valence-corrected chi connectivity index (χ1v) is 6.63. The van der Waals surface area contributed by atoms with Gasteiger partial charge in [0.05, 0.1) is 0 Å². The Morgan fingerprint density at radius 1 is 1.56 bits per heavy atom. The van der Waals surface area contributed by atoms with Crippen molar-refractivity contribution < 1.29 is 8.42 Å². The summed E-state index contributed by atoms with van der Waals surface area (Å²) in [5, 5.41) is 4.15. The second kappa shape index (κ2) is 4.15. The van der Waals surface area contributed by atoms with E-state index in [1.807, 2.05) is 10.7 Å². The number of rotatable bonds is 3. The van der Waals surface area contributed by atoms with Gasteiger partial charge in [0.15, 0.2) is 0 Å². The van der Waals surface area contributed by atoms with Gasteiger partial charge in [0, 0.05) is 45.0 Å². The molecule has 0 spiro atoms. The number of hydrogen-bond donors (Lipinski definition) is 1. The van der Waals surface area contributed by atoms with Crippen LogP contribution in [0.5, 0.6) is 0 Å². The molecule has 0 unspecified atom stereocenters. The lowest BCUT2D eigenvalue weighted by molar-refractivity contribution is 0.403. The lowest BCUT2D eigenvalue weighted by atomic mass is 10.1. The fraction of sp³-hybridized carbons (Fsp3) is 0.667. The number of aryl methyl sites for hydroxylation is 1. The van der Waals surface area contributed by atoms with Gasteiger partial charge in [-0.3, -0.25) is 4.68 Å². The van der Waals surface area contributed by atoms with E-state index >= 15 is 0 Å². The van der Waals surface area contributed by atoms with Gasteiger partial charge in [0.25, 0.3) is 10.2 Å². The van der Waals surface area contributed by atoms with Crippen LogP contribution in [0, 0.1) is 0 Å². The first-order chi connectivity index (χ1) is 7.49. The number of nitrogens with zero attached hydrogens (tertiary/aromatic N) is 3. The van der Waals surface area contributed by atoms with Crippen LogP contribution < -0.4 is 4.72 Å². The van der Waals surface area contributed by atoms with Crippen LogP contribution in [-0.4, -0.2) is 42.6 Å². The highest BCUT2D eigenvalue weighted by Crippen LogP contribution is 2.14. The van der Waals surface area contributed by atoms with Gasteiger partial charge >= 0.3 is 0 Å². The maximum Gasteiger partial charge on any atom is 0.279 e. The molecule has 2 heterocycles. The fourth-order valence-electron chi connectivity index (χ4n) is 1.78. The van der Waals surface area contributed by atoms with Crippen molar-refractivity contribution in [2.75, 3.05) is 14.1 Å². The highest BCUT2D eigenvalue weighted by atomic mass is 32.2. The third-order valence-electron chi connectivity index (χ3n) is 2.75. The normalized spacial score (nSPS) is 21.1. The Kier molecular flexibility index (Phi) is 3.00. The highest BCUT2D eigenvalue weighted by Gasteiger charge is 2.24. The summed E-state index contributed by atoms with van der Waals surface area (Å²) in [5.41, 5.74) is 1.08. The van der Waals surface area contributed by atoms with Gasteiger partial charge in [-0.1, -0.05) is 0 Å². The van der Waals surface area contributed by atoms with Crippen LogP contribution in [-0.2, 0) is 23.2 Å². The Balaban J connectivity index is 2.05. The number of hydrogen-bond acceptors (Lipinski definition) is 3. The SMILES string of the molecule is CN(C)S(=O)(=O)N[C@@H]1CCn2nccc2C1. The van der Waals surface area contributed by atoms with E-state index in [2.05, 4.69) is 9.82 Å². The Labute approximate surface area is 95.4 Å². The molecule has 90 valence electrons. The van der Waals surface area contributed by atoms with Crippen molar-refractivity contribution in [1.29, 1.82) is 0 Å². The predicted octanol–water partition coefficient (Wildman–Crippen LogP) is -0.406. The van der Waals surface area contributed by atoms with E-state index in [9.17, 15) is 8.42 Å². The summed E-state index contributed by atoms with van der Waals surface area (Å²) in [5.74, 6) is 0. The predicted molar refractivity (Wildman–Crippen MR) is 60.1 cm³/mol. The average Bonchev–Trinajstić information content (AvgIpc) is 2.63. The van der Waals surface area contributed by atoms with E-state index < -0.39 is 10.2 Å². The second-order valence-corrected chi connectivity index (χ2v) is 6.06. The zero-order valence-electron chi connectivity index (χ0n) is 9.42. The number of nitrogens with one attached hydrogen (secondary N) is 1. The van der Waals surface area contributed by atoms with Crippen molar-refractivity contribution >= 4 is 10.2 Å².